The average Bonchev–Trinajstić information content (AvgIpc) is 2.20. The number of hydrogen-bond acceptors (Lipinski definition) is 3. The van der Waals surface area contributed by atoms with E-state index in [0.29, 0.717) is 17.4 Å². The first-order chi connectivity index (χ1) is 4.67. The predicted molar refractivity (Wildman–Crippen MR) is 45.8 cm³/mol. The average molecular weight is 198 g/mol. The maximum atomic E-state index is 11.0. The van der Waals surface area contributed by atoms with Crippen LogP contribution in [0.25, 0.3) is 0 Å². The molecular formula is C6H12ClNO2S. The lowest BCUT2D eigenvalue weighted by molar-refractivity contribution is 0.556. The molecule has 0 aromatic rings. The molecule has 2 saturated heterocycles. The third kappa shape index (κ3) is 1.68. The highest BCUT2D eigenvalue weighted by Gasteiger charge is 2.39. The van der Waals surface area contributed by atoms with Crippen molar-refractivity contribution in [2.45, 2.75) is 12.5 Å². The van der Waals surface area contributed by atoms with Gasteiger partial charge in [-0.05, 0) is 18.9 Å². The quantitative estimate of drug-likeness (QED) is 0.586. The minimum Gasteiger partial charge on any atom is -0.313 e. The van der Waals surface area contributed by atoms with E-state index in [1.165, 1.54) is 0 Å². The van der Waals surface area contributed by atoms with Gasteiger partial charge in [0.1, 0.15) is 0 Å². The van der Waals surface area contributed by atoms with Crippen LogP contribution in [0.5, 0.6) is 0 Å². The molecule has 0 aliphatic carbocycles. The van der Waals surface area contributed by atoms with Crippen molar-refractivity contribution in [3.8, 4) is 0 Å². The highest BCUT2D eigenvalue weighted by Crippen LogP contribution is 2.25. The minimum atomic E-state index is -2.67. The number of rotatable bonds is 0. The minimum absolute atomic E-state index is 0. The lowest BCUT2D eigenvalue weighted by Gasteiger charge is -2.02. The van der Waals surface area contributed by atoms with E-state index in [4.69, 9.17) is 0 Å². The molecular weight excluding hydrogens is 186 g/mol. The molecule has 0 aromatic carbocycles. The molecule has 2 atom stereocenters. The standard InChI is InChI=1S/C6H11NO2S.ClH/c8-10(9)3-5-1-2-7-6(5)4-10;/h5-7H,1-4H2;1H/t5-,6+;/m0./s1. The highest BCUT2D eigenvalue weighted by atomic mass is 35.5. The van der Waals surface area contributed by atoms with Crippen molar-refractivity contribution in [2.24, 2.45) is 5.92 Å². The van der Waals surface area contributed by atoms with Crippen molar-refractivity contribution in [2.75, 3.05) is 18.1 Å². The maximum absolute atomic E-state index is 11.0. The van der Waals surface area contributed by atoms with E-state index >= 15 is 0 Å². The van der Waals surface area contributed by atoms with Crippen molar-refractivity contribution in [1.82, 2.24) is 5.32 Å². The van der Waals surface area contributed by atoms with Gasteiger partial charge in [-0.3, -0.25) is 0 Å². The molecule has 11 heavy (non-hydrogen) atoms. The van der Waals surface area contributed by atoms with Gasteiger partial charge < -0.3 is 5.32 Å². The van der Waals surface area contributed by atoms with E-state index in [0.717, 1.165) is 13.0 Å². The molecule has 2 fully saturated rings. The van der Waals surface area contributed by atoms with Crippen molar-refractivity contribution >= 4 is 22.2 Å². The molecule has 0 bridgehead atoms. The van der Waals surface area contributed by atoms with Gasteiger partial charge in [0.15, 0.2) is 9.84 Å². The normalized spacial score (nSPS) is 39.6. The molecule has 5 heteroatoms. The van der Waals surface area contributed by atoms with E-state index in [1.807, 2.05) is 0 Å². The fourth-order valence-corrected chi connectivity index (χ4v) is 4.01. The molecule has 2 rings (SSSR count). The molecule has 2 aliphatic heterocycles. The van der Waals surface area contributed by atoms with Crippen molar-refractivity contribution in [3.63, 3.8) is 0 Å². The topological polar surface area (TPSA) is 46.2 Å². The summed E-state index contributed by atoms with van der Waals surface area (Å²) in [6, 6.07) is 0.282. The van der Waals surface area contributed by atoms with Crippen molar-refractivity contribution in [3.05, 3.63) is 0 Å². The lowest BCUT2D eigenvalue weighted by Crippen LogP contribution is -2.26. The fourth-order valence-electron chi connectivity index (χ4n) is 1.88. The summed E-state index contributed by atoms with van der Waals surface area (Å²) in [6.45, 7) is 1.00. The summed E-state index contributed by atoms with van der Waals surface area (Å²) in [4.78, 5) is 0. The van der Waals surface area contributed by atoms with Crippen LogP contribution in [-0.2, 0) is 9.84 Å². The highest BCUT2D eigenvalue weighted by molar-refractivity contribution is 7.91. The molecule has 0 aromatic heterocycles. The van der Waals surface area contributed by atoms with Crippen LogP contribution in [0.3, 0.4) is 0 Å². The number of sulfone groups is 1. The SMILES string of the molecule is Cl.O=S1(=O)C[C@@H]2CCN[C@@H]2C1. The summed E-state index contributed by atoms with van der Waals surface area (Å²) < 4.78 is 22.0. The van der Waals surface area contributed by atoms with Gasteiger partial charge in [-0.15, -0.1) is 12.4 Å². The van der Waals surface area contributed by atoms with Crippen molar-refractivity contribution in [1.29, 1.82) is 0 Å². The smallest absolute Gasteiger partial charge is 0.152 e. The van der Waals surface area contributed by atoms with Gasteiger partial charge in [-0.2, -0.15) is 0 Å². The molecule has 0 unspecified atom stereocenters. The van der Waals surface area contributed by atoms with E-state index in [9.17, 15) is 8.42 Å². The second kappa shape index (κ2) is 2.92. The van der Waals surface area contributed by atoms with Crippen LogP contribution in [0, 0.1) is 5.92 Å². The van der Waals surface area contributed by atoms with E-state index in [1.54, 1.807) is 0 Å². The van der Waals surface area contributed by atoms with Crippen LogP contribution in [0.15, 0.2) is 0 Å². The third-order valence-corrected chi connectivity index (χ3v) is 4.20. The van der Waals surface area contributed by atoms with Crippen LogP contribution in [0.2, 0.25) is 0 Å². The van der Waals surface area contributed by atoms with Gasteiger partial charge in [-0.25, -0.2) is 8.42 Å². The molecule has 2 heterocycles. The summed E-state index contributed by atoms with van der Waals surface area (Å²) in [5.74, 6) is 1.22. The van der Waals surface area contributed by atoms with E-state index in [-0.39, 0.29) is 18.4 Å². The fraction of sp³-hybridized carbons (Fsp3) is 1.00. The van der Waals surface area contributed by atoms with Gasteiger partial charge in [0.25, 0.3) is 0 Å². The maximum Gasteiger partial charge on any atom is 0.152 e. The van der Waals surface area contributed by atoms with Crippen molar-refractivity contribution < 1.29 is 8.42 Å². The van der Waals surface area contributed by atoms with Gasteiger partial charge in [-0.1, -0.05) is 0 Å². The van der Waals surface area contributed by atoms with E-state index in [2.05, 4.69) is 5.32 Å². The first-order valence-corrected chi connectivity index (χ1v) is 5.43. The number of fused-ring (bicyclic) bond motifs is 1. The Hall–Kier alpha value is 0.200. The Bertz CT molecular complexity index is 221. The predicted octanol–water partition coefficient (Wildman–Crippen LogP) is -0.185. The van der Waals surface area contributed by atoms with Crippen LogP contribution >= 0.6 is 12.4 Å². The Morgan fingerprint density at radius 3 is 2.64 bits per heavy atom. The van der Waals surface area contributed by atoms with Gasteiger partial charge in [0.2, 0.25) is 0 Å². The molecule has 2 aliphatic rings. The number of halogens is 1. The Kier molecular flexibility index (Phi) is 2.46. The second-order valence-corrected chi connectivity index (χ2v) is 5.34. The van der Waals surface area contributed by atoms with Crippen LogP contribution < -0.4 is 5.32 Å². The zero-order chi connectivity index (χ0) is 7.19. The Labute approximate surface area is 72.9 Å². The molecule has 1 N–H and O–H groups in total. The first kappa shape index (κ1) is 9.29. The summed E-state index contributed by atoms with van der Waals surface area (Å²) in [6.07, 6.45) is 1.05. The Morgan fingerprint density at radius 1 is 1.27 bits per heavy atom. The summed E-state index contributed by atoms with van der Waals surface area (Å²) in [5.41, 5.74) is 0. The zero-order valence-corrected chi connectivity index (χ0v) is 7.75. The summed E-state index contributed by atoms with van der Waals surface area (Å²) >= 11 is 0. The Morgan fingerprint density at radius 2 is 2.00 bits per heavy atom. The number of nitrogens with one attached hydrogen (secondary N) is 1. The van der Waals surface area contributed by atoms with Gasteiger partial charge >= 0.3 is 0 Å². The molecule has 0 saturated carbocycles. The second-order valence-electron chi connectivity index (χ2n) is 3.19. The van der Waals surface area contributed by atoms with Crippen LogP contribution in [-0.4, -0.2) is 32.5 Å². The van der Waals surface area contributed by atoms with E-state index < -0.39 is 9.84 Å². The molecule has 3 nitrogen and oxygen atoms in total. The molecule has 66 valence electrons. The summed E-state index contributed by atoms with van der Waals surface area (Å²) in [5, 5.41) is 3.19. The summed E-state index contributed by atoms with van der Waals surface area (Å²) in [7, 11) is -2.67. The molecule has 0 spiro atoms. The lowest BCUT2D eigenvalue weighted by atomic mass is 10.1. The van der Waals surface area contributed by atoms with Gasteiger partial charge in [0, 0.05) is 6.04 Å². The first-order valence-electron chi connectivity index (χ1n) is 3.61. The van der Waals surface area contributed by atoms with Crippen LogP contribution in [0.1, 0.15) is 6.42 Å². The van der Waals surface area contributed by atoms with Gasteiger partial charge in [0.05, 0.1) is 11.5 Å². The largest absolute Gasteiger partial charge is 0.313 e. The van der Waals surface area contributed by atoms with Crippen LogP contribution in [0.4, 0.5) is 0 Å². The number of hydrogen-bond donors (Lipinski definition) is 1. The molecule has 0 radical (unpaired) electrons. The molecule has 0 amide bonds. The monoisotopic (exact) mass is 197 g/mol. The zero-order valence-electron chi connectivity index (χ0n) is 6.12. The third-order valence-electron chi connectivity index (χ3n) is 2.39. The Balaban J connectivity index is 0.000000605.